The van der Waals surface area contributed by atoms with E-state index in [2.05, 4.69) is 10.3 Å². The Bertz CT molecular complexity index is 1140. The van der Waals surface area contributed by atoms with Crippen molar-refractivity contribution >= 4 is 34.6 Å². The molecule has 0 aromatic heterocycles. The Kier molecular flexibility index (Phi) is 5.90. The van der Waals surface area contributed by atoms with Gasteiger partial charge in [0.1, 0.15) is 29.7 Å². The minimum absolute atomic E-state index is 0.168. The van der Waals surface area contributed by atoms with E-state index in [1.807, 2.05) is 12.1 Å². The molecule has 30 heavy (non-hydrogen) atoms. The molecule has 1 aliphatic rings. The van der Waals surface area contributed by atoms with Gasteiger partial charge in [0.25, 0.3) is 5.91 Å². The van der Waals surface area contributed by atoms with Gasteiger partial charge >= 0.3 is 0 Å². The number of amidine groups is 1. The molecule has 1 aliphatic heterocycles. The van der Waals surface area contributed by atoms with Crippen LogP contribution in [-0.4, -0.2) is 11.1 Å². The van der Waals surface area contributed by atoms with Gasteiger partial charge in [-0.1, -0.05) is 36.4 Å². The Hall–Kier alpha value is -3.45. The molecule has 0 radical (unpaired) electrons. The first-order chi connectivity index (χ1) is 14.6. The van der Waals surface area contributed by atoms with E-state index in [9.17, 15) is 13.6 Å². The number of amides is 1. The van der Waals surface area contributed by atoms with E-state index in [4.69, 9.17) is 4.74 Å². The summed E-state index contributed by atoms with van der Waals surface area (Å²) in [5, 5.41) is 2.96. The third-order valence-corrected chi connectivity index (χ3v) is 5.11. The Labute approximate surface area is 176 Å². The Morgan fingerprint density at radius 3 is 2.57 bits per heavy atom. The molecule has 0 bridgehead atoms. The molecular formula is C23H16F2N2O2S. The second kappa shape index (κ2) is 8.92. The third-order valence-electron chi connectivity index (χ3n) is 4.20. The van der Waals surface area contributed by atoms with Crippen LogP contribution in [0.3, 0.4) is 0 Å². The van der Waals surface area contributed by atoms with Crippen LogP contribution < -0.4 is 10.1 Å². The number of nitrogens with one attached hydrogen (secondary N) is 1. The van der Waals surface area contributed by atoms with Crippen molar-refractivity contribution in [3.05, 3.63) is 100 Å². The molecule has 0 unspecified atom stereocenters. The van der Waals surface area contributed by atoms with Gasteiger partial charge in [0.15, 0.2) is 5.17 Å². The maximum absolute atomic E-state index is 13.7. The number of halogens is 2. The number of hydrogen-bond acceptors (Lipinski definition) is 4. The fourth-order valence-corrected chi connectivity index (χ4v) is 3.57. The lowest BCUT2D eigenvalue weighted by atomic mass is 10.2. The summed E-state index contributed by atoms with van der Waals surface area (Å²) in [6, 6.07) is 19.5. The van der Waals surface area contributed by atoms with Gasteiger partial charge < -0.3 is 10.1 Å². The lowest BCUT2D eigenvalue weighted by Gasteiger charge is -2.06. The topological polar surface area (TPSA) is 50.7 Å². The quantitative estimate of drug-likeness (QED) is 0.558. The van der Waals surface area contributed by atoms with Gasteiger partial charge in [-0.2, -0.15) is 0 Å². The normalized spacial score (nSPS) is 16.1. The zero-order valence-corrected chi connectivity index (χ0v) is 16.5. The standard InChI is InChI=1S/C23H16F2N2O2S/c24-17-5-3-4-16(12-17)14-29-18-10-8-15(9-11-18)13-21-22(28)27-23(30-21)26-20-7-2-1-6-19(20)25/h1-13H,14H2,(H,26,27,28)/b21-13-. The number of thioether (sulfide) groups is 1. The molecule has 3 aromatic carbocycles. The van der Waals surface area contributed by atoms with E-state index in [0.717, 1.165) is 22.9 Å². The van der Waals surface area contributed by atoms with Crippen molar-refractivity contribution in [3.8, 4) is 5.75 Å². The molecule has 0 saturated carbocycles. The third kappa shape index (κ3) is 4.93. The summed E-state index contributed by atoms with van der Waals surface area (Å²) in [5.41, 5.74) is 1.71. The predicted octanol–water partition coefficient (Wildman–Crippen LogP) is 5.44. The van der Waals surface area contributed by atoms with Crippen molar-refractivity contribution in [3.63, 3.8) is 0 Å². The molecule has 4 rings (SSSR count). The van der Waals surface area contributed by atoms with Gasteiger partial charge in [0, 0.05) is 0 Å². The zero-order chi connectivity index (χ0) is 20.9. The number of rotatable bonds is 5. The van der Waals surface area contributed by atoms with Gasteiger partial charge in [-0.05, 0) is 65.4 Å². The second-order valence-corrected chi connectivity index (χ2v) is 7.45. The van der Waals surface area contributed by atoms with E-state index in [0.29, 0.717) is 15.8 Å². The SMILES string of the molecule is O=C1NC(=Nc2ccccc2F)S/C1=C\c1ccc(OCc2cccc(F)c2)cc1. The molecule has 1 fully saturated rings. The molecule has 150 valence electrons. The number of ether oxygens (including phenoxy) is 1. The fourth-order valence-electron chi connectivity index (χ4n) is 2.74. The van der Waals surface area contributed by atoms with Crippen molar-refractivity contribution in [1.82, 2.24) is 5.32 Å². The average molecular weight is 422 g/mol. The van der Waals surface area contributed by atoms with Crippen LogP contribution in [0.4, 0.5) is 14.5 Å². The number of aliphatic imine (C=N–C) groups is 1. The smallest absolute Gasteiger partial charge is 0.264 e. The molecule has 4 nitrogen and oxygen atoms in total. The van der Waals surface area contributed by atoms with Crippen LogP contribution in [0, 0.1) is 11.6 Å². The molecule has 7 heteroatoms. The Morgan fingerprint density at radius 2 is 1.80 bits per heavy atom. The van der Waals surface area contributed by atoms with Crippen LogP contribution in [0.15, 0.2) is 82.7 Å². The molecular weight excluding hydrogens is 406 g/mol. The van der Waals surface area contributed by atoms with Crippen LogP contribution in [-0.2, 0) is 11.4 Å². The number of benzene rings is 3. The lowest BCUT2D eigenvalue weighted by molar-refractivity contribution is -0.115. The monoisotopic (exact) mass is 422 g/mol. The molecule has 0 aliphatic carbocycles. The van der Waals surface area contributed by atoms with Crippen LogP contribution in [0.25, 0.3) is 6.08 Å². The van der Waals surface area contributed by atoms with E-state index in [1.54, 1.807) is 48.5 Å². The number of nitrogens with zero attached hydrogens (tertiary/aromatic N) is 1. The summed E-state index contributed by atoms with van der Waals surface area (Å²) in [7, 11) is 0. The van der Waals surface area contributed by atoms with Crippen molar-refractivity contribution in [2.45, 2.75) is 6.61 Å². The van der Waals surface area contributed by atoms with E-state index >= 15 is 0 Å². The summed E-state index contributed by atoms with van der Waals surface area (Å²) in [5.74, 6) is -0.414. The summed E-state index contributed by atoms with van der Waals surface area (Å²) < 4.78 is 32.6. The highest BCUT2D eigenvalue weighted by Gasteiger charge is 2.24. The van der Waals surface area contributed by atoms with Crippen molar-refractivity contribution < 1.29 is 18.3 Å². The first kappa shape index (κ1) is 19.8. The summed E-state index contributed by atoms with van der Waals surface area (Å²) in [6.07, 6.45) is 1.72. The van der Waals surface area contributed by atoms with Gasteiger partial charge in [-0.3, -0.25) is 4.79 Å². The lowest BCUT2D eigenvalue weighted by Crippen LogP contribution is -2.19. The van der Waals surface area contributed by atoms with Gasteiger partial charge in [0.05, 0.1) is 4.91 Å². The first-order valence-electron chi connectivity index (χ1n) is 9.08. The maximum Gasteiger partial charge on any atom is 0.264 e. The molecule has 1 N–H and O–H groups in total. The maximum atomic E-state index is 13.7. The first-order valence-corrected chi connectivity index (χ1v) is 9.90. The molecule has 1 saturated heterocycles. The van der Waals surface area contributed by atoms with E-state index < -0.39 is 5.82 Å². The Morgan fingerprint density at radius 1 is 1.00 bits per heavy atom. The number of hydrogen-bond donors (Lipinski definition) is 1. The van der Waals surface area contributed by atoms with Gasteiger partial charge in [-0.25, -0.2) is 13.8 Å². The van der Waals surface area contributed by atoms with Gasteiger partial charge in [-0.15, -0.1) is 0 Å². The van der Waals surface area contributed by atoms with Crippen LogP contribution in [0.5, 0.6) is 5.75 Å². The number of para-hydroxylation sites is 1. The predicted molar refractivity (Wildman–Crippen MR) is 114 cm³/mol. The largest absolute Gasteiger partial charge is 0.489 e. The van der Waals surface area contributed by atoms with Crippen molar-refractivity contribution in [1.29, 1.82) is 0 Å². The Balaban J connectivity index is 1.42. The molecule has 0 atom stereocenters. The number of carbonyl (C=O) groups is 1. The average Bonchev–Trinajstić information content (AvgIpc) is 3.08. The highest BCUT2D eigenvalue weighted by Crippen LogP contribution is 2.29. The molecule has 3 aromatic rings. The highest BCUT2D eigenvalue weighted by molar-refractivity contribution is 8.18. The van der Waals surface area contributed by atoms with Crippen LogP contribution in [0.1, 0.15) is 11.1 Å². The summed E-state index contributed by atoms with van der Waals surface area (Å²) in [6.45, 7) is 0.256. The summed E-state index contributed by atoms with van der Waals surface area (Å²) in [4.78, 5) is 16.8. The zero-order valence-electron chi connectivity index (χ0n) is 15.6. The van der Waals surface area contributed by atoms with Crippen LogP contribution in [0.2, 0.25) is 0 Å². The fraction of sp³-hybridized carbons (Fsp3) is 0.0435. The molecule has 0 spiro atoms. The van der Waals surface area contributed by atoms with Crippen LogP contribution >= 0.6 is 11.8 Å². The van der Waals surface area contributed by atoms with Crippen molar-refractivity contribution in [2.24, 2.45) is 4.99 Å². The van der Waals surface area contributed by atoms with Gasteiger partial charge in [0.2, 0.25) is 0 Å². The minimum atomic E-state index is -0.453. The molecule has 1 amide bonds. The number of carbonyl (C=O) groups excluding carboxylic acids is 1. The van der Waals surface area contributed by atoms with Crippen molar-refractivity contribution in [2.75, 3.05) is 0 Å². The van der Waals surface area contributed by atoms with E-state index in [1.165, 1.54) is 18.2 Å². The summed E-state index contributed by atoms with van der Waals surface area (Å²) >= 11 is 1.15. The minimum Gasteiger partial charge on any atom is -0.489 e. The highest BCUT2D eigenvalue weighted by atomic mass is 32.2. The second-order valence-electron chi connectivity index (χ2n) is 6.42. The molecule has 1 heterocycles. The van der Waals surface area contributed by atoms with E-state index in [-0.39, 0.29) is 24.0 Å².